The summed E-state index contributed by atoms with van der Waals surface area (Å²) in [5.41, 5.74) is 4.49. The number of carbonyl (C=O) groups excluding carboxylic acids is 2. The van der Waals surface area contributed by atoms with Crippen molar-refractivity contribution < 1.29 is 24.2 Å². The number of benzene rings is 2. The second-order valence-corrected chi connectivity index (χ2v) is 8.90. The summed E-state index contributed by atoms with van der Waals surface area (Å²) in [5, 5.41) is 11.9. The van der Waals surface area contributed by atoms with Crippen LogP contribution < -0.4 is 5.32 Å². The summed E-state index contributed by atoms with van der Waals surface area (Å²) in [6.07, 6.45) is -0.676. The highest BCUT2D eigenvalue weighted by Gasteiger charge is 2.31. The zero-order chi connectivity index (χ0) is 24.8. The average molecular weight is 468 g/mol. The van der Waals surface area contributed by atoms with E-state index in [0.717, 1.165) is 22.3 Å². The van der Waals surface area contributed by atoms with Gasteiger partial charge in [0, 0.05) is 25.6 Å². The van der Waals surface area contributed by atoms with Gasteiger partial charge in [-0.1, -0.05) is 55.5 Å². The van der Waals surface area contributed by atoms with Crippen LogP contribution >= 0.6 is 0 Å². The van der Waals surface area contributed by atoms with E-state index in [4.69, 9.17) is 4.74 Å². The highest BCUT2D eigenvalue weighted by Crippen LogP contribution is 2.44. The molecule has 0 fully saturated rings. The third kappa shape index (κ3) is 5.75. The number of ether oxygens (including phenoxy) is 1. The number of rotatable bonds is 10. The number of nitrogens with zero attached hydrogens (tertiary/aromatic N) is 2. The molecule has 0 aliphatic heterocycles. The van der Waals surface area contributed by atoms with Crippen LogP contribution in [0.15, 0.2) is 48.5 Å². The normalized spacial score (nSPS) is 14.1. The van der Waals surface area contributed by atoms with Gasteiger partial charge in [-0.2, -0.15) is 0 Å². The maximum Gasteiger partial charge on any atom is 0.407 e. The number of carboxylic acid groups (broad SMARTS) is 1. The van der Waals surface area contributed by atoms with Gasteiger partial charge in [-0.15, -0.1) is 0 Å². The summed E-state index contributed by atoms with van der Waals surface area (Å²) in [6, 6.07) is 15.3. The van der Waals surface area contributed by atoms with Crippen molar-refractivity contribution in [3.8, 4) is 11.1 Å². The first-order valence-electron chi connectivity index (χ1n) is 11.5. The predicted molar refractivity (Wildman–Crippen MR) is 130 cm³/mol. The largest absolute Gasteiger partial charge is 0.481 e. The van der Waals surface area contributed by atoms with E-state index in [9.17, 15) is 19.5 Å². The minimum atomic E-state index is -0.972. The van der Waals surface area contributed by atoms with Crippen molar-refractivity contribution in [1.82, 2.24) is 15.1 Å². The predicted octanol–water partition coefficient (Wildman–Crippen LogP) is 3.02. The van der Waals surface area contributed by atoms with Gasteiger partial charge in [-0.3, -0.25) is 9.59 Å². The van der Waals surface area contributed by atoms with Crippen LogP contribution in [0.1, 0.15) is 30.9 Å². The van der Waals surface area contributed by atoms with Crippen LogP contribution in [0.3, 0.4) is 0 Å². The number of aliphatic carboxylic acids is 1. The van der Waals surface area contributed by atoms with E-state index in [2.05, 4.69) is 17.4 Å². The first-order chi connectivity index (χ1) is 16.2. The molecule has 2 atom stereocenters. The minimum absolute atomic E-state index is 0.0704. The van der Waals surface area contributed by atoms with E-state index in [0.29, 0.717) is 6.54 Å². The van der Waals surface area contributed by atoms with Crippen molar-refractivity contribution >= 4 is 18.0 Å². The molecule has 2 amide bonds. The van der Waals surface area contributed by atoms with Crippen LogP contribution in [0.5, 0.6) is 0 Å². The second kappa shape index (κ2) is 11.2. The minimum Gasteiger partial charge on any atom is -0.481 e. The van der Waals surface area contributed by atoms with Crippen molar-refractivity contribution in [3.63, 3.8) is 0 Å². The molecule has 2 unspecified atom stereocenters. The van der Waals surface area contributed by atoms with Crippen LogP contribution in [0, 0.1) is 5.92 Å². The lowest BCUT2D eigenvalue weighted by atomic mass is 9.98. The Morgan fingerprint density at radius 3 is 2.06 bits per heavy atom. The van der Waals surface area contributed by atoms with E-state index in [1.54, 1.807) is 32.8 Å². The highest BCUT2D eigenvalue weighted by atomic mass is 16.5. The molecule has 0 radical (unpaired) electrons. The van der Waals surface area contributed by atoms with Crippen molar-refractivity contribution in [3.05, 3.63) is 59.7 Å². The summed E-state index contributed by atoms with van der Waals surface area (Å²) >= 11 is 0. The van der Waals surface area contributed by atoms with E-state index in [1.165, 1.54) is 4.90 Å². The smallest absolute Gasteiger partial charge is 0.407 e. The van der Waals surface area contributed by atoms with Crippen LogP contribution in [-0.2, 0) is 14.3 Å². The summed E-state index contributed by atoms with van der Waals surface area (Å²) in [7, 11) is 3.60. The zero-order valence-electron chi connectivity index (χ0n) is 20.2. The molecule has 34 heavy (non-hydrogen) atoms. The zero-order valence-corrected chi connectivity index (χ0v) is 20.2. The lowest BCUT2D eigenvalue weighted by Crippen LogP contribution is -2.54. The van der Waals surface area contributed by atoms with Gasteiger partial charge >= 0.3 is 12.1 Å². The molecular formula is C26H33N3O5. The van der Waals surface area contributed by atoms with E-state index in [-0.39, 0.29) is 31.5 Å². The molecule has 1 aliphatic rings. The molecule has 3 rings (SSSR count). The molecule has 0 heterocycles. The Kier molecular flexibility index (Phi) is 8.28. The fraction of sp³-hybridized carbons (Fsp3) is 0.423. The van der Waals surface area contributed by atoms with Crippen molar-refractivity contribution in [2.45, 2.75) is 25.8 Å². The molecule has 182 valence electrons. The molecule has 1 aliphatic carbocycles. The highest BCUT2D eigenvalue weighted by molar-refractivity contribution is 5.86. The molecule has 8 nitrogen and oxygen atoms in total. The molecule has 0 saturated heterocycles. The fourth-order valence-electron chi connectivity index (χ4n) is 4.34. The topological polar surface area (TPSA) is 99.2 Å². The third-order valence-corrected chi connectivity index (χ3v) is 6.09. The Morgan fingerprint density at radius 1 is 1.00 bits per heavy atom. The Labute approximate surface area is 200 Å². The number of fused-ring (bicyclic) bond motifs is 3. The molecule has 2 aromatic rings. The van der Waals surface area contributed by atoms with Crippen LogP contribution in [0.25, 0.3) is 11.1 Å². The molecule has 0 spiro atoms. The molecular weight excluding hydrogens is 434 g/mol. The van der Waals surface area contributed by atoms with E-state index in [1.807, 2.05) is 36.4 Å². The molecule has 0 bridgehead atoms. The van der Waals surface area contributed by atoms with E-state index >= 15 is 0 Å². The number of alkyl carbamates (subject to hydrolysis) is 1. The van der Waals surface area contributed by atoms with Crippen LogP contribution in [0.4, 0.5) is 4.79 Å². The Morgan fingerprint density at radius 2 is 1.56 bits per heavy atom. The number of carboxylic acids is 1. The van der Waals surface area contributed by atoms with Gasteiger partial charge in [0.15, 0.2) is 0 Å². The molecule has 0 saturated carbocycles. The SMILES string of the molecule is CCN(CC(C)C(=O)O)C(=O)C(CN(C)C)NC(=O)OCC1c2ccccc2-c2ccccc21. The van der Waals surface area contributed by atoms with Gasteiger partial charge in [-0.25, -0.2) is 4.79 Å². The van der Waals surface area contributed by atoms with Gasteiger partial charge in [0.25, 0.3) is 0 Å². The summed E-state index contributed by atoms with van der Waals surface area (Å²) in [4.78, 5) is 40.4. The van der Waals surface area contributed by atoms with Crippen molar-refractivity contribution in [2.75, 3.05) is 40.3 Å². The molecule has 2 aromatic carbocycles. The molecule has 8 heteroatoms. The van der Waals surface area contributed by atoms with Gasteiger partial charge in [0.2, 0.25) is 5.91 Å². The summed E-state index contributed by atoms with van der Waals surface area (Å²) < 4.78 is 5.60. The number of hydrogen-bond donors (Lipinski definition) is 2. The molecule has 2 N–H and O–H groups in total. The average Bonchev–Trinajstić information content (AvgIpc) is 3.13. The lowest BCUT2D eigenvalue weighted by Gasteiger charge is -2.29. The van der Waals surface area contributed by atoms with Gasteiger partial charge in [0.05, 0.1) is 5.92 Å². The summed E-state index contributed by atoms with van der Waals surface area (Å²) in [5.74, 6) is -2.10. The standard InChI is InChI=1S/C26H33N3O5/c1-5-29(14-17(2)25(31)32)24(30)23(15-28(3)4)27-26(33)34-16-22-20-12-8-6-10-18(20)19-11-7-9-13-21(19)22/h6-13,17,22-23H,5,14-16H2,1-4H3,(H,27,33)(H,31,32). The molecule has 0 aromatic heterocycles. The lowest BCUT2D eigenvalue weighted by molar-refractivity contribution is -0.143. The Balaban J connectivity index is 1.68. The Hall–Kier alpha value is -3.39. The number of carbonyl (C=O) groups is 3. The first-order valence-corrected chi connectivity index (χ1v) is 11.5. The first kappa shape index (κ1) is 25.2. The second-order valence-electron chi connectivity index (χ2n) is 8.90. The third-order valence-electron chi connectivity index (χ3n) is 6.09. The van der Waals surface area contributed by atoms with E-state index < -0.39 is 24.0 Å². The van der Waals surface area contributed by atoms with Gasteiger partial charge < -0.3 is 25.0 Å². The van der Waals surface area contributed by atoms with Crippen LogP contribution in [0.2, 0.25) is 0 Å². The number of nitrogens with one attached hydrogen (secondary N) is 1. The number of amides is 2. The Bertz CT molecular complexity index is 993. The number of likely N-dealkylation sites (N-methyl/N-ethyl adjacent to an activating group) is 2. The maximum atomic E-state index is 13.1. The van der Waals surface area contributed by atoms with Crippen LogP contribution in [-0.4, -0.2) is 79.3 Å². The van der Waals surface area contributed by atoms with Crippen molar-refractivity contribution in [2.24, 2.45) is 5.92 Å². The fourth-order valence-corrected chi connectivity index (χ4v) is 4.34. The monoisotopic (exact) mass is 467 g/mol. The van der Waals surface area contributed by atoms with Crippen molar-refractivity contribution in [1.29, 1.82) is 0 Å². The maximum absolute atomic E-state index is 13.1. The quantitative estimate of drug-likeness (QED) is 0.557. The summed E-state index contributed by atoms with van der Waals surface area (Å²) in [6.45, 7) is 4.16. The van der Waals surface area contributed by atoms with Gasteiger partial charge in [0.1, 0.15) is 12.6 Å². The van der Waals surface area contributed by atoms with Gasteiger partial charge in [-0.05, 0) is 43.3 Å². The number of hydrogen-bond acceptors (Lipinski definition) is 5.